The Hall–Kier alpha value is -2.88. The molecule has 0 aliphatic carbocycles. The molecule has 3 aromatic rings. The first kappa shape index (κ1) is 26.3. The van der Waals surface area contributed by atoms with Crippen LogP contribution in [0.2, 0.25) is 0 Å². The number of thioether (sulfide) groups is 1. The van der Waals surface area contributed by atoms with Gasteiger partial charge in [0.05, 0.1) is 34.2 Å². The highest BCUT2D eigenvalue weighted by Crippen LogP contribution is 2.47. The molecular formula is C24H22F4N4O5S2. The van der Waals surface area contributed by atoms with Crippen LogP contribution in [0.25, 0.3) is 10.2 Å². The lowest BCUT2D eigenvalue weighted by atomic mass is 9.84. The molecule has 1 saturated heterocycles. The smallest absolute Gasteiger partial charge is 0.395 e. The van der Waals surface area contributed by atoms with E-state index >= 15 is 8.78 Å². The Labute approximate surface area is 226 Å². The van der Waals surface area contributed by atoms with E-state index in [1.807, 2.05) is 4.90 Å². The van der Waals surface area contributed by atoms with E-state index in [0.717, 1.165) is 23.1 Å². The Morgan fingerprint density at radius 2 is 1.92 bits per heavy atom. The predicted octanol–water partition coefficient (Wildman–Crippen LogP) is 5.46. The molecule has 0 bridgehead atoms. The minimum atomic E-state index is -3.74. The van der Waals surface area contributed by atoms with Gasteiger partial charge in [-0.05, 0) is 36.7 Å². The van der Waals surface area contributed by atoms with Gasteiger partial charge in [-0.25, -0.2) is 13.8 Å². The van der Waals surface area contributed by atoms with Crippen molar-refractivity contribution in [2.45, 2.75) is 56.5 Å². The van der Waals surface area contributed by atoms with Crippen molar-refractivity contribution in [2.24, 2.45) is 0 Å². The van der Waals surface area contributed by atoms with Gasteiger partial charge in [0.1, 0.15) is 0 Å². The fourth-order valence-corrected chi connectivity index (χ4v) is 6.90. The summed E-state index contributed by atoms with van der Waals surface area (Å²) in [6.45, 7) is 3.77. The molecule has 1 amide bonds. The summed E-state index contributed by atoms with van der Waals surface area (Å²) in [5.41, 5.74) is 1.25. The maximum Gasteiger partial charge on any atom is 0.586 e. The number of carbonyl (C=O) groups is 1. The molecule has 9 nitrogen and oxygen atoms in total. The minimum absolute atomic E-state index is 0.0317. The number of ether oxygens (including phenoxy) is 3. The zero-order valence-corrected chi connectivity index (χ0v) is 22.2. The van der Waals surface area contributed by atoms with Crippen molar-refractivity contribution < 1.29 is 36.6 Å². The molecule has 1 aromatic carbocycles. The molecule has 2 aromatic heterocycles. The highest BCUT2D eigenvalue weighted by molar-refractivity contribution is 8.15. The third kappa shape index (κ3) is 4.85. The third-order valence-electron chi connectivity index (χ3n) is 7.07. The molecule has 3 aliphatic rings. The number of halogens is 4. The van der Waals surface area contributed by atoms with Gasteiger partial charge in [-0.3, -0.25) is 19.8 Å². The number of aromatic nitrogens is 2. The SMILES string of the molecule is CC(C)(SC(=O)Nc1nc2cc3c(cc2s1)OC(F)(F)O3)N1CCC(F)(F)[C@H](c2c[nH]c(=O)c3c2COC3)C1. The summed E-state index contributed by atoms with van der Waals surface area (Å²) < 4.78 is 71.7. The largest absolute Gasteiger partial charge is 0.586 e. The Morgan fingerprint density at radius 3 is 2.69 bits per heavy atom. The first-order valence-electron chi connectivity index (χ1n) is 12.0. The molecule has 15 heteroatoms. The van der Waals surface area contributed by atoms with Crippen molar-refractivity contribution in [3.05, 3.63) is 45.4 Å². The van der Waals surface area contributed by atoms with Crippen molar-refractivity contribution in [2.75, 3.05) is 18.4 Å². The van der Waals surface area contributed by atoms with Gasteiger partial charge in [-0.15, -0.1) is 8.78 Å². The summed E-state index contributed by atoms with van der Waals surface area (Å²) in [7, 11) is 0. The van der Waals surface area contributed by atoms with E-state index in [2.05, 4.69) is 24.8 Å². The summed E-state index contributed by atoms with van der Waals surface area (Å²) in [6.07, 6.45) is -2.80. The lowest BCUT2D eigenvalue weighted by Crippen LogP contribution is -2.53. The third-order valence-corrected chi connectivity index (χ3v) is 9.04. The second-order valence-corrected chi connectivity index (χ2v) is 12.6. The summed E-state index contributed by atoms with van der Waals surface area (Å²) >= 11 is 2.00. The molecule has 2 N–H and O–H groups in total. The first-order chi connectivity index (χ1) is 18.3. The van der Waals surface area contributed by atoms with Crippen molar-refractivity contribution >= 4 is 43.7 Å². The number of aromatic amines is 1. The number of carbonyl (C=O) groups excluding carboxylic acids is 1. The number of anilines is 1. The number of benzene rings is 1. The summed E-state index contributed by atoms with van der Waals surface area (Å²) in [6, 6.07) is 2.67. The number of pyridine rings is 1. The van der Waals surface area contributed by atoms with Gasteiger partial charge in [0, 0.05) is 43.4 Å². The van der Waals surface area contributed by atoms with Crippen LogP contribution in [-0.2, 0) is 18.0 Å². The van der Waals surface area contributed by atoms with Crippen LogP contribution in [0.15, 0.2) is 23.1 Å². The molecule has 0 radical (unpaired) electrons. The van der Waals surface area contributed by atoms with E-state index in [1.54, 1.807) is 13.8 Å². The Bertz CT molecular complexity index is 1500. The number of hydrogen-bond donors (Lipinski definition) is 2. The van der Waals surface area contributed by atoms with Crippen LogP contribution in [-0.4, -0.2) is 50.3 Å². The van der Waals surface area contributed by atoms with Crippen LogP contribution < -0.4 is 20.3 Å². The van der Waals surface area contributed by atoms with Crippen LogP contribution in [0, 0.1) is 0 Å². The highest BCUT2D eigenvalue weighted by atomic mass is 32.2. The topological polar surface area (TPSA) is 106 Å². The maximum atomic E-state index is 15.2. The molecule has 0 saturated carbocycles. The van der Waals surface area contributed by atoms with Crippen molar-refractivity contribution in [1.29, 1.82) is 0 Å². The van der Waals surface area contributed by atoms with Crippen molar-refractivity contribution in [3.8, 4) is 11.5 Å². The lowest BCUT2D eigenvalue weighted by Gasteiger charge is -2.45. The summed E-state index contributed by atoms with van der Waals surface area (Å²) in [5.74, 6) is -4.47. The second-order valence-electron chi connectivity index (χ2n) is 9.95. The zero-order chi connectivity index (χ0) is 27.7. The molecule has 0 spiro atoms. The molecule has 208 valence electrons. The number of fused-ring (bicyclic) bond motifs is 3. The average molecular weight is 587 g/mol. The normalized spacial score (nSPS) is 21.7. The number of rotatable bonds is 4. The molecular weight excluding hydrogens is 564 g/mol. The number of alkyl halides is 4. The number of H-pyrrole nitrogens is 1. The van der Waals surface area contributed by atoms with Crippen LogP contribution in [0.5, 0.6) is 11.5 Å². The maximum absolute atomic E-state index is 15.2. The van der Waals surface area contributed by atoms with Gasteiger partial charge in [-0.1, -0.05) is 11.3 Å². The van der Waals surface area contributed by atoms with Crippen molar-refractivity contribution in [3.63, 3.8) is 0 Å². The van der Waals surface area contributed by atoms with Gasteiger partial charge in [0.2, 0.25) is 0 Å². The van der Waals surface area contributed by atoms with Gasteiger partial charge < -0.3 is 19.2 Å². The predicted molar refractivity (Wildman–Crippen MR) is 136 cm³/mol. The quantitative estimate of drug-likeness (QED) is 0.389. The molecule has 5 heterocycles. The lowest BCUT2D eigenvalue weighted by molar-refractivity contribution is -0.286. The van der Waals surface area contributed by atoms with E-state index in [0.29, 0.717) is 26.9 Å². The minimum Gasteiger partial charge on any atom is -0.395 e. The molecule has 0 unspecified atom stereocenters. The Kier molecular flexibility index (Phi) is 6.13. The van der Waals surface area contributed by atoms with Crippen molar-refractivity contribution in [1.82, 2.24) is 14.9 Å². The number of piperidine rings is 1. The number of amides is 1. The molecule has 1 fully saturated rings. The standard InChI is InChI=1S/C24H22F4N4O5S2/c1-22(2,32-4-3-23(25,26)14(8-32)11-7-29-19(33)13-10-35-9-12(11)13)39-21(34)31-20-30-15-5-16-17(6-18(15)38-20)37-24(27,28)36-16/h5-7,14H,3-4,8-10H2,1-2H3,(H,29,33)(H,30,31,34)/t14-/m0/s1. The van der Waals surface area contributed by atoms with E-state index in [4.69, 9.17) is 4.74 Å². The zero-order valence-electron chi connectivity index (χ0n) is 20.6. The fourth-order valence-electron chi connectivity index (χ4n) is 5.07. The van der Waals surface area contributed by atoms with Gasteiger partial charge in [0.25, 0.3) is 16.7 Å². The van der Waals surface area contributed by atoms with Crippen LogP contribution in [0.1, 0.15) is 42.9 Å². The van der Waals surface area contributed by atoms with E-state index < -0.39 is 34.7 Å². The molecule has 6 rings (SSSR count). The van der Waals surface area contributed by atoms with Crippen LogP contribution in [0.4, 0.5) is 27.5 Å². The average Bonchev–Trinajstić information content (AvgIpc) is 3.52. The van der Waals surface area contributed by atoms with Crippen LogP contribution >= 0.6 is 23.1 Å². The molecule has 39 heavy (non-hydrogen) atoms. The number of likely N-dealkylation sites (tertiary alicyclic amines) is 1. The molecule has 3 aliphatic heterocycles. The Balaban J connectivity index is 1.17. The number of nitrogens with one attached hydrogen (secondary N) is 2. The van der Waals surface area contributed by atoms with E-state index in [1.165, 1.54) is 18.3 Å². The Morgan fingerprint density at radius 1 is 1.21 bits per heavy atom. The summed E-state index contributed by atoms with van der Waals surface area (Å²) in [5, 5.41) is 2.46. The van der Waals surface area contributed by atoms with E-state index in [9.17, 15) is 18.4 Å². The molecule has 1 atom stereocenters. The van der Waals surface area contributed by atoms with Crippen LogP contribution in [0.3, 0.4) is 0 Å². The van der Waals surface area contributed by atoms with Gasteiger partial charge in [-0.2, -0.15) is 0 Å². The fraction of sp³-hybridized carbons (Fsp3) is 0.458. The second kappa shape index (κ2) is 9.08. The first-order valence-corrected chi connectivity index (χ1v) is 13.6. The van der Waals surface area contributed by atoms with Gasteiger partial charge >= 0.3 is 6.29 Å². The number of nitrogens with zero attached hydrogens (tertiary/aromatic N) is 2. The summed E-state index contributed by atoms with van der Waals surface area (Å²) in [4.78, 5) is 32.8. The number of hydrogen-bond acceptors (Lipinski definition) is 9. The monoisotopic (exact) mass is 586 g/mol. The van der Waals surface area contributed by atoms with Gasteiger partial charge in [0.15, 0.2) is 16.6 Å². The number of thiazole rings is 1. The highest BCUT2D eigenvalue weighted by Gasteiger charge is 2.49. The van der Waals surface area contributed by atoms with E-state index in [-0.39, 0.29) is 48.5 Å².